The Morgan fingerprint density at radius 1 is 1.09 bits per heavy atom. The minimum absolute atomic E-state index is 0.164. The average molecular weight is 489 g/mol. The Kier molecular flexibility index (Phi) is 10.9. The molecule has 0 atom stereocenters. The molecule has 3 rings (SSSR count). The van der Waals surface area contributed by atoms with E-state index in [4.69, 9.17) is 19.9 Å². The molecule has 1 amide bonds. The number of anilines is 4. The zero-order valence-corrected chi connectivity index (χ0v) is 20.5. The number of amides is 1. The number of benzene rings is 1. The molecular formula is C23H36N8O4. The molecule has 1 aliphatic rings. The fraction of sp³-hybridized carbons (Fsp3) is 0.565. The van der Waals surface area contributed by atoms with Gasteiger partial charge < -0.3 is 40.8 Å². The van der Waals surface area contributed by atoms with Gasteiger partial charge in [0.25, 0.3) is 5.91 Å². The van der Waals surface area contributed by atoms with Crippen LogP contribution in [-0.2, 0) is 14.2 Å². The molecular weight excluding hydrogens is 452 g/mol. The summed E-state index contributed by atoms with van der Waals surface area (Å²) in [6.45, 7) is 9.47. The quantitative estimate of drug-likeness (QED) is 0.282. The van der Waals surface area contributed by atoms with Crippen LogP contribution in [0.25, 0.3) is 0 Å². The molecule has 0 radical (unpaired) electrons. The minimum Gasteiger partial charge on any atom is -0.378 e. The van der Waals surface area contributed by atoms with E-state index in [-0.39, 0.29) is 11.9 Å². The van der Waals surface area contributed by atoms with E-state index in [1.165, 1.54) is 0 Å². The first-order valence-electron chi connectivity index (χ1n) is 11.9. The maximum atomic E-state index is 12.6. The Hall–Kier alpha value is -3.06. The number of ether oxygens (including phenoxy) is 3. The van der Waals surface area contributed by atoms with Crippen molar-refractivity contribution in [1.29, 1.82) is 0 Å². The van der Waals surface area contributed by atoms with Gasteiger partial charge in [-0.15, -0.1) is 0 Å². The summed E-state index contributed by atoms with van der Waals surface area (Å²) in [6, 6.07) is 7.33. The van der Waals surface area contributed by atoms with Crippen molar-refractivity contribution in [3.8, 4) is 0 Å². The predicted molar refractivity (Wildman–Crippen MR) is 134 cm³/mol. The lowest BCUT2D eigenvalue weighted by atomic mass is 10.2. The standard InChI is InChI=1S/C23H36N8O4/c1-17(2)26-21-28-22(30-23(29-21)31-8-12-35-13-9-31)27-19-5-3-4-18(16-19)20(32)25-7-11-34-15-14-33-10-6-24/h3-5,16-17H,6-15,24H2,1-2H3,(H,25,32)(H2,26,27,28,29,30). The first kappa shape index (κ1) is 26.5. The number of carbonyl (C=O) groups is 1. The van der Waals surface area contributed by atoms with Gasteiger partial charge in [-0.25, -0.2) is 0 Å². The highest BCUT2D eigenvalue weighted by Crippen LogP contribution is 2.20. The number of hydrogen-bond acceptors (Lipinski definition) is 11. The van der Waals surface area contributed by atoms with Crippen molar-refractivity contribution in [2.45, 2.75) is 19.9 Å². The summed E-state index contributed by atoms with van der Waals surface area (Å²) in [5.41, 5.74) is 6.57. The van der Waals surface area contributed by atoms with Crippen molar-refractivity contribution in [2.24, 2.45) is 5.73 Å². The molecule has 12 heteroatoms. The van der Waals surface area contributed by atoms with Gasteiger partial charge in [0.15, 0.2) is 0 Å². The van der Waals surface area contributed by atoms with Crippen molar-refractivity contribution < 1.29 is 19.0 Å². The van der Waals surface area contributed by atoms with Crippen molar-refractivity contribution in [3.63, 3.8) is 0 Å². The number of nitrogens with zero attached hydrogens (tertiary/aromatic N) is 4. The summed E-state index contributed by atoms with van der Waals surface area (Å²) < 4.78 is 16.1. The summed E-state index contributed by atoms with van der Waals surface area (Å²) in [7, 11) is 0. The third-order valence-electron chi connectivity index (χ3n) is 4.88. The van der Waals surface area contributed by atoms with Crippen LogP contribution in [0.2, 0.25) is 0 Å². The molecule has 5 N–H and O–H groups in total. The van der Waals surface area contributed by atoms with Gasteiger partial charge in [-0.05, 0) is 32.0 Å². The molecule has 1 saturated heterocycles. The summed E-state index contributed by atoms with van der Waals surface area (Å²) >= 11 is 0. The molecule has 0 bridgehead atoms. The fourth-order valence-corrected chi connectivity index (χ4v) is 3.26. The zero-order chi connectivity index (χ0) is 24.9. The van der Waals surface area contributed by atoms with E-state index >= 15 is 0 Å². The normalized spacial score (nSPS) is 13.7. The van der Waals surface area contributed by atoms with Crippen molar-refractivity contribution in [3.05, 3.63) is 29.8 Å². The van der Waals surface area contributed by atoms with Gasteiger partial charge in [0, 0.05) is 43.5 Å². The summed E-state index contributed by atoms with van der Waals surface area (Å²) in [5.74, 6) is 1.27. The van der Waals surface area contributed by atoms with E-state index in [2.05, 4.69) is 35.8 Å². The molecule has 0 spiro atoms. The van der Waals surface area contributed by atoms with E-state index < -0.39 is 0 Å². The molecule has 192 valence electrons. The van der Waals surface area contributed by atoms with Crippen LogP contribution in [0.15, 0.2) is 24.3 Å². The van der Waals surface area contributed by atoms with Crippen LogP contribution in [-0.4, -0.2) is 92.7 Å². The highest BCUT2D eigenvalue weighted by Gasteiger charge is 2.17. The predicted octanol–water partition coefficient (Wildman–Crippen LogP) is 0.994. The molecule has 35 heavy (non-hydrogen) atoms. The van der Waals surface area contributed by atoms with Crippen LogP contribution in [0.3, 0.4) is 0 Å². The molecule has 0 saturated carbocycles. The van der Waals surface area contributed by atoms with E-state index in [0.29, 0.717) is 94.9 Å². The Bertz CT molecular complexity index is 924. The second-order valence-electron chi connectivity index (χ2n) is 8.16. The lowest BCUT2D eigenvalue weighted by Crippen LogP contribution is -2.37. The van der Waals surface area contributed by atoms with E-state index in [1.807, 2.05) is 19.9 Å². The number of hydrogen-bond donors (Lipinski definition) is 4. The van der Waals surface area contributed by atoms with Crippen LogP contribution in [0.4, 0.5) is 23.5 Å². The average Bonchev–Trinajstić information content (AvgIpc) is 2.85. The molecule has 1 fully saturated rings. The number of morpholine rings is 1. The number of nitrogens with one attached hydrogen (secondary N) is 3. The summed E-state index contributed by atoms with van der Waals surface area (Å²) in [6.07, 6.45) is 0. The maximum absolute atomic E-state index is 12.6. The third kappa shape index (κ3) is 9.25. The van der Waals surface area contributed by atoms with Gasteiger partial charge in [0.1, 0.15) is 0 Å². The minimum atomic E-state index is -0.191. The molecule has 12 nitrogen and oxygen atoms in total. The van der Waals surface area contributed by atoms with Crippen molar-refractivity contribution in [1.82, 2.24) is 20.3 Å². The molecule has 0 unspecified atom stereocenters. The van der Waals surface area contributed by atoms with Crippen molar-refractivity contribution in [2.75, 3.05) is 81.4 Å². The van der Waals surface area contributed by atoms with Crippen LogP contribution in [0.1, 0.15) is 24.2 Å². The highest BCUT2D eigenvalue weighted by atomic mass is 16.5. The smallest absolute Gasteiger partial charge is 0.251 e. The van der Waals surface area contributed by atoms with Gasteiger partial charge >= 0.3 is 0 Å². The summed E-state index contributed by atoms with van der Waals surface area (Å²) in [5, 5.41) is 9.30. The second kappa shape index (κ2) is 14.4. The van der Waals surface area contributed by atoms with Gasteiger partial charge in [-0.3, -0.25) is 4.79 Å². The number of rotatable bonds is 14. The SMILES string of the molecule is CC(C)Nc1nc(Nc2cccc(C(=O)NCCOCCOCCN)c2)nc(N2CCOCC2)n1. The van der Waals surface area contributed by atoms with Crippen LogP contribution >= 0.6 is 0 Å². The third-order valence-corrected chi connectivity index (χ3v) is 4.88. The van der Waals surface area contributed by atoms with Crippen LogP contribution < -0.4 is 26.6 Å². The number of nitrogens with two attached hydrogens (primary N) is 1. The molecule has 2 heterocycles. The molecule has 1 aromatic carbocycles. The van der Waals surface area contributed by atoms with Gasteiger partial charge in [-0.1, -0.05) is 6.07 Å². The molecule has 1 aromatic heterocycles. The largest absolute Gasteiger partial charge is 0.378 e. The van der Waals surface area contributed by atoms with E-state index in [9.17, 15) is 4.79 Å². The second-order valence-corrected chi connectivity index (χ2v) is 8.16. The Morgan fingerprint density at radius 2 is 1.83 bits per heavy atom. The number of aromatic nitrogens is 3. The Labute approximate surface area is 206 Å². The Balaban J connectivity index is 1.59. The maximum Gasteiger partial charge on any atom is 0.251 e. The molecule has 1 aliphatic heterocycles. The highest BCUT2D eigenvalue weighted by molar-refractivity contribution is 5.95. The summed E-state index contributed by atoms with van der Waals surface area (Å²) in [4.78, 5) is 28.3. The zero-order valence-electron chi connectivity index (χ0n) is 20.5. The first-order valence-corrected chi connectivity index (χ1v) is 11.9. The van der Waals surface area contributed by atoms with Gasteiger partial charge in [0.05, 0.1) is 39.6 Å². The topological polar surface area (TPSA) is 149 Å². The Morgan fingerprint density at radius 3 is 2.57 bits per heavy atom. The monoisotopic (exact) mass is 488 g/mol. The van der Waals surface area contributed by atoms with Gasteiger partial charge in [-0.2, -0.15) is 15.0 Å². The van der Waals surface area contributed by atoms with E-state index in [0.717, 1.165) is 0 Å². The lowest BCUT2D eigenvalue weighted by molar-refractivity contribution is 0.0511. The van der Waals surface area contributed by atoms with Crippen molar-refractivity contribution >= 4 is 29.4 Å². The fourth-order valence-electron chi connectivity index (χ4n) is 3.26. The van der Waals surface area contributed by atoms with Crippen LogP contribution in [0.5, 0.6) is 0 Å². The molecule has 0 aliphatic carbocycles. The lowest BCUT2D eigenvalue weighted by Gasteiger charge is -2.27. The van der Waals surface area contributed by atoms with Crippen LogP contribution in [0, 0.1) is 0 Å². The number of carbonyl (C=O) groups excluding carboxylic acids is 1. The van der Waals surface area contributed by atoms with Gasteiger partial charge in [0.2, 0.25) is 17.8 Å². The van der Waals surface area contributed by atoms with E-state index in [1.54, 1.807) is 18.2 Å². The first-order chi connectivity index (χ1) is 17.0. The molecule has 2 aromatic rings.